The quantitative estimate of drug-likeness (QED) is 0.924. The highest BCUT2D eigenvalue weighted by Gasteiger charge is 2.23. The first-order valence-electron chi connectivity index (χ1n) is 5.96. The number of benzene rings is 1. The van der Waals surface area contributed by atoms with E-state index in [2.05, 4.69) is 0 Å². The van der Waals surface area contributed by atoms with E-state index in [1.807, 2.05) is 20.8 Å². The van der Waals surface area contributed by atoms with E-state index in [4.69, 9.17) is 16.7 Å². The molecule has 1 amide bonds. The Morgan fingerprint density at radius 1 is 1.21 bits per heavy atom. The molecule has 0 aliphatic rings. The van der Waals surface area contributed by atoms with E-state index in [0.29, 0.717) is 17.1 Å². The molecule has 19 heavy (non-hydrogen) atoms. The maximum Gasteiger partial charge on any atom is 0.323 e. The van der Waals surface area contributed by atoms with Gasteiger partial charge in [-0.05, 0) is 29.7 Å². The molecule has 0 saturated carbocycles. The molecule has 1 aromatic rings. The minimum Gasteiger partial charge on any atom is -0.480 e. The summed E-state index contributed by atoms with van der Waals surface area (Å²) in [6, 6.07) is 6.43. The lowest BCUT2D eigenvalue weighted by Gasteiger charge is -2.28. The van der Waals surface area contributed by atoms with Gasteiger partial charge < -0.3 is 10.0 Å². The van der Waals surface area contributed by atoms with Gasteiger partial charge >= 0.3 is 5.97 Å². The van der Waals surface area contributed by atoms with Crippen LogP contribution in [0.4, 0.5) is 0 Å². The number of carboxylic acid groups (broad SMARTS) is 1. The Morgan fingerprint density at radius 3 is 2.16 bits per heavy atom. The van der Waals surface area contributed by atoms with Gasteiger partial charge in [-0.15, -0.1) is 0 Å². The molecule has 0 aliphatic heterocycles. The summed E-state index contributed by atoms with van der Waals surface area (Å²) in [6.45, 7) is 5.93. The van der Waals surface area contributed by atoms with E-state index in [1.165, 1.54) is 4.90 Å². The maximum absolute atomic E-state index is 12.3. The molecule has 0 heterocycles. The first-order valence-corrected chi connectivity index (χ1v) is 6.33. The number of hydrogen-bond donors (Lipinski definition) is 1. The number of rotatable bonds is 4. The van der Waals surface area contributed by atoms with Crippen molar-refractivity contribution in [1.29, 1.82) is 0 Å². The molecule has 0 aromatic heterocycles. The Morgan fingerprint density at radius 2 is 1.74 bits per heavy atom. The summed E-state index contributed by atoms with van der Waals surface area (Å²) in [6.07, 6.45) is 0. The molecule has 0 atom stereocenters. The Kier molecular flexibility index (Phi) is 4.95. The number of nitrogens with zero attached hydrogens (tertiary/aromatic N) is 1. The third kappa shape index (κ3) is 5.30. The standard InChI is InChI=1S/C14H18ClNO3/c1-14(2,3)9-16(8-12(17)18)13(19)10-4-6-11(15)7-5-10/h4-7H,8-9H2,1-3H3,(H,17,18). The highest BCUT2D eigenvalue weighted by molar-refractivity contribution is 6.30. The molecular weight excluding hydrogens is 266 g/mol. The summed E-state index contributed by atoms with van der Waals surface area (Å²) < 4.78 is 0. The molecule has 0 fully saturated rings. The Bertz CT molecular complexity index is 463. The molecule has 1 rings (SSSR count). The van der Waals surface area contributed by atoms with Gasteiger partial charge in [0.2, 0.25) is 0 Å². The van der Waals surface area contributed by atoms with E-state index in [0.717, 1.165) is 0 Å². The second kappa shape index (κ2) is 6.06. The fourth-order valence-electron chi connectivity index (χ4n) is 1.71. The van der Waals surface area contributed by atoms with Gasteiger partial charge in [-0.25, -0.2) is 0 Å². The molecule has 104 valence electrons. The maximum atomic E-state index is 12.3. The van der Waals surface area contributed by atoms with E-state index >= 15 is 0 Å². The van der Waals surface area contributed by atoms with Gasteiger partial charge in [0.1, 0.15) is 6.54 Å². The minimum atomic E-state index is -1.02. The molecule has 0 spiro atoms. The van der Waals surface area contributed by atoms with Crippen molar-refractivity contribution in [3.8, 4) is 0 Å². The second-order valence-electron chi connectivity index (χ2n) is 5.62. The van der Waals surface area contributed by atoms with Crippen molar-refractivity contribution < 1.29 is 14.7 Å². The van der Waals surface area contributed by atoms with E-state index < -0.39 is 5.97 Å². The number of carbonyl (C=O) groups is 2. The summed E-state index contributed by atoms with van der Waals surface area (Å²) in [5.41, 5.74) is 0.271. The van der Waals surface area contributed by atoms with Gasteiger partial charge in [0.15, 0.2) is 0 Å². The van der Waals surface area contributed by atoms with Crippen LogP contribution >= 0.6 is 11.6 Å². The van der Waals surface area contributed by atoms with Crippen molar-refractivity contribution >= 4 is 23.5 Å². The summed E-state index contributed by atoms with van der Waals surface area (Å²) in [7, 11) is 0. The van der Waals surface area contributed by atoms with E-state index in [9.17, 15) is 9.59 Å². The topological polar surface area (TPSA) is 57.6 Å². The normalized spacial score (nSPS) is 11.2. The first-order chi connectivity index (χ1) is 8.69. The lowest BCUT2D eigenvalue weighted by atomic mass is 9.95. The van der Waals surface area contributed by atoms with Gasteiger partial charge in [0, 0.05) is 17.1 Å². The Hall–Kier alpha value is -1.55. The molecule has 4 nitrogen and oxygen atoms in total. The predicted octanol–water partition coefficient (Wildman–Crippen LogP) is 2.91. The van der Waals surface area contributed by atoms with E-state index in [-0.39, 0.29) is 17.9 Å². The number of carboxylic acids is 1. The molecule has 0 aliphatic carbocycles. The van der Waals surface area contributed by atoms with Crippen molar-refractivity contribution in [3.63, 3.8) is 0 Å². The highest BCUT2D eigenvalue weighted by atomic mass is 35.5. The third-order valence-electron chi connectivity index (χ3n) is 2.37. The van der Waals surface area contributed by atoms with Crippen LogP contribution in [0.2, 0.25) is 5.02 Å². The van der Waals surface area contributed by atoms with Crippen molar-refractivity contribution in [1.82, 2.24) is 4.90 Å². The van der Waals surface area contributed by atoms with Crippen LogP contribution in [-0.4, -0.2) is 35.0 Å². The molecule has 0 saturated heterocycles. The fraction of sp³-hybridized carbons (Fsp3) is 0.429. The van der Waals surface area contributed by atoms with Crippen molar-refractivity contribution in [2.45, 2.75) is 20.8 Å². The van der Waals surface area contributed by atoms with Crippen LogP contribution in [0.3, 0.4) is 0 Å². The number of halogens is 1. The SMILES string of the molecule is CC(C)(C)CN(CC(=O)O)C(=O)c1ccc(Cl)cc1. The Labute approximate surface area is 118 Å². The summed E-state index contributed by atoms with van der Waals surface area (Å²) >= 11 is 5.77. The zero-order valence-electron chi connectivity index (χ0n) is 11.3. The Balaban J connectivity index is 2.93. The van der Waals surface area contributed by atoms with Crippen LogP contribution in [0.25, 0.3) is 0 Å². The second-order valence-corrected chi connectivity index (χ2v) is 6.06. The minimum absolute atomic E-state index is 0.169. The highest BCUT2D eigenvalue weighted by Crippen LogP contribution is 2.18. The summed E-state index contributed by atoms with van der Waals surface area (Å²) in [5.74, 6) is -1.32. The lowest BCUT2D eigenvalue weighted by Crippen LogP contribution is -2.41. The van der Waals surface area contributed by atoms with Gasteiger partial charge in [-0.2, -0.15) is 0 Å². The third-order valence-corrected chi connectivity index (χ3v) is 2.62. The molecule has 0 radical (unpaired) electrons. The average Bonchev–Trinajstić information content (AvgIpc) is 2.25. The molecule has 0 unspecified atom stereocenters. The van der Waals surface area contributed by atoms with Crippen LogP contribution in [0.5, 0.6) is 0 Å². The van der Waals surface area contributed by atoms with Gasteiger partial charge in [0.25, 0.3) is 5.91 Å². The van der Waals surface area contributed by atoms with Crippen molar-refractivity contribution in [3.05, 3.63) is 34.9 Å². The van der Waals surface area contributed by atoms with Crippen LogP contribution in [-0.2, 0) is 4.79 Å². The largest absolute Gasteiger partial charge is 0.480 e. The number of amides is 1. The molecule has 1 aromatic carbocycles. The molecule has 5 heteroatoms. The average molecular weight is 284 g/mol. The monoisotopic (exact) mass is 283 g/mol. The summed E-state index contributed by atoms with van der Waals surface area (Å²) in [5, 5.41) is 9.44. The van der Waals surface area contributed by atoms with E-state index in [1.54, 1.807) is 24.3 Å². The molecule has 1 N–H and O–H groups in total. The smallest absolute Gasteiger partial charge is 0.323 e. The first kappa shape index (κ1) is 15.5. The number of hydrogen-bond acceptors (Lipinski definition) is 2. The van der Waals surface area contributed by atoms with Crippen LogP contribution in [0.15, 0.2) is 24.3 Å². The lowest BCUT2D eigenvalue weighted by molar-refractivity contribution is -0.138. The van der Waals surface area contributed by atoms with Crippen LogP contribution in [0, 0.1) is 5.41 Å². The van der Waals surface area contributed by atoms with Gasteiger partial charge in [-0.3, -0.25) is 9.59 Å². The van der Waals surface area contributed by atoms with Crippen LogP contribution < -0.4 is 0 Å². The predicted molar refractivity (Wildman–Crippen MR) is 74.4 cm³/mol. The van der Waals surface area contributed by atoms with Crippen LogP contribution in [0.1, 0.15) is 31.1 Å². The number of aliphatic carboxylic acids is 1. The molecular formula is C14H18ClNO3. The fourth-order valence-corrected chi connectivity index (χ4v) is 1.84. The molecule has 0 bridgehead atoms. The van der Waals surface area contributed by atoms with Gasteiger partial charge in [-0.1, -0.05) is 32.4 Å². The summed E-state index contributed by atoms with van der Waals surface area (Å²) in [4.78, 5) is 24.5. The zero-order valence-corrected chi connectivity index (χ0v) is 12.1. The van der Waals surface area contributed by atoms with Crippen molar-refractivity contribution in [2.75, 3.05) is 13.1 Å². The number of carbonyl (C=O) groups excluding carboxylic acids is 1. The van der Waals surface area contributed by atoms with Gasteiger partial charge in [0.05, 0.1) is 0 Å². The van der Waals surface area contributed by atoms with Crippen molar-refractivity contribution in [2.24, 2.45) is 5.41 Å². The zero-order chi connectivity index (χ0) is 14.6.